The molecular formula is C24H24N4O4. The molecule has 2 heterocycles. The van der Waals surface area contributed by atoms with Crippen LogP contribution in [-0.4, -0.2) is 58.3 Å². The van der Waals surface area contributed by atoms with E-state index in [-0.39, 0.29) is 24.3 Å². The number of carbonyl (C=O) groups excluding carboxylic acids is 1. The first-order valence-corrected chi connectivity index (χ1v) is 10.3. The maximum atomic E-state index is 11.9. The average Bonchev–Trinajstić information content (AvgIpc) is 3.29. The van der Waals surface area contributed by atoms with Crippen LogP contribution in [0.2, 0.25) is 0 Å². The summed E-state index contributed by atoms with van der Waals surface area (Å²) in [5.41, 5.74) is 7.40. The molecule has 2 aliphatic rings. The van der Waals surface area contributed by atoms with E-state index in [9.17, 15) is 14.7 Å². The Hall–Kier alpha value is -4.07. The first kappa shape index (κ1) is 21.2. The van der Waals surface area contributed by atoms with Gasteiger partial charge in [0.2, 0.25) is 5.91 Å². The van der Waals surface area contributed by atoms with Crippen LogP contribution in [0.1, 0.15) is 12.0 Å². The number of carboxylic acids is 1. The SMILES string of the molecule is C=CC(=O)N1CC[C@H](N2CN=C(C(=O)O)C(c3ccc(Oc4ccccc4)cc3)=C2N)C1. The Balaban J connectivity index is 1.61. The summed E-state index contributed by atoms with van der Waals surface area (Å²) in [5, 5.41) is 9.71. The van der Waals surface area contributed by atoms with Gasteiger partial charge in [-0.05, 0) is 42.3 Å². The molecule has 164 valence electrons. The molecule has 1 amide bonds. The second kappa shape index (κ2) is 8.97. The molecule has 0 aromatic heterocycles. The maximum Gasteiger partial charge on any atom is 0.354 e. The van der Waals surface area contributed by atoms with E-state index in [4.69, 9.17) is 10.5 Å². The van der Waals surface area contributed by atoms with Gasteiger partial charge in [-0.1, -0.05) is 36.9 Å². The van der Waals surface area contributed by atoms with Crippen molar-refractivity contribution in [2.75, 3.05) is 19.8 Å². The maximum absolute atomic E-state index is 11.9. The first-order chi connectivity index (χ1) is 15.5. The van der Waals surface area contributed by atoms with E-state index in [1.807, 2.05) is 35.2 Å². The van der Waals surface area contributed by atoms with Crippen LogP contribution in [0.4, 0.5) is 0 Å². The van der Waals surface area contributed by atoms with Gasteiger partial charge in [-0.2, -0.15) is 0 Å². The molecule has 8 heteroatoms. The standard InChI is InChI=1S/C24H24N4O4/c1-2-20(29)27-13-12-17(14-27)28-15-26-22(24(30)31)21(23(28)25)16-8-10-19(11-9-16)32-18-6-4-3-5-7-18/h2-11,17H,1,12-15,25H2,(H,30,31)/t17-/m0/s1. The van der Waals surface area contributed by atoms with Gasteiger partial charge in [-0.3, -0.25) is 9.79 Å². The molecule has 0 saturated carbocycles. The number of hydrogen-bond acceptors (Lipinski definition) is 6. The molecule has 1 fully saturated rings. The highest BCUT2D eigenvalue weighted by atomic mass is 16.5. The minimum atomic E-state index is -1.14. The zero-order valence-corrected chi connectivity index (χ0v) is 17.5. The molecule has 8 nitrogen and oxygen atoms in total. The lowest BCUT2D eigenvalue weighted by Gasteiger charge is -2.34. The summed E-state index contributed by atoms with van der Waals surface area (Å²) in [5.74, 6) is 0.399. The molecule has 0 aliphatic carbocycles. The minimum Gasteiger partial charge on any atom is -0.477 e. The minimum absolute atomic E-state index is 0.0475. The fourth-order valence-corrected chi connectivity index (χ4v) is 3.98. The number of para-hydroxylation sites is 1. The largest absolute Gasteiger partial charge is 0.477 e. The number of nitrogens with two attached hydrogens (primary N) is 1. The molecule has 1 atom stereocenters. The summed E-state index contributed by atoms with van der Waals surface area (Å²) in [6.45, 7) is 4.75. The van der Waals surface area contributed by atoms with Crippen LogP contribution in [0.5, 0.6) is 11.5 Å². The fourth-order valence-electron chi connectivity index (χ4n) is 3.98. The molecule has 0 spiro atoms. The van der Waals surface area contributed by atoms with Gasteiger partial charge in [0, 0.05) is 13.1 Å². The van der Waals surface area contributed by atoms with E-state index in [0.29, 0.717) is 41.5 Å². The van der Waals surface area contributed by atoms with Crippen LogP contribution >= 0.6 is 0 Å². The number of hydrogen-bond donors (Lipinski definition) is 2. The van der Waals surface area contributed by atoms with Crippen molar-refractivity contribution in [2.24, 2.45) is 10.7 Å². The molecule has 4 rings (SSSR count). The van der Waals surface area contributed by atoms with Crippen molar-refractivity contribution in [3.63, 3.8) is 0 Å². The van der Waals surface area contributed by atoms with E-state index in [2.05, 4.69) is 11.6 Å². The number of aliphatic imine (C=N–C) groups is 1. The van der Waals surface area contributed by atoms with Crippen LogP contribution in [0.25, 0.3) is 5.57 Å². The van der Waals surface area contributed by atoms with Crippen molar-refractivity contribution in [1.82, 2.24) is 9.80 Å². The molecule has 0 unspecified atom stereocenters. The molecule has 2 aliphatic heterocycles. The molecule has 2 aromatic rings. The number of nitrogens with zero attached hydrogens (tertiary/aromatic N) is 3. The summed E-state index contributed by atoms with van der Waals surface area (Å²) < 4.78 is 5.82. The number of aliphatic carboxylic acids is 1. The number of rotatable bonds is 6. The second-order valence-corrected chi connectivity index (χ2v) is 7.55. The molecule has 32 heavy (non-hydrogen) atoms. The molecule has 0 bridgehead atoms. The third-order valence-corrected chi connectivity index (χ3v) is 5.60. The van der Waals surface area contributed by atoms with Gasteiger partial charge in [0.1, 0.15) is 24.0 Å². The van der Waals surface area contributed by atoms with Gasteiger partial charge in [0.25, 0.3) is 0 Å². The van der Waals surface area contributed by atoms with Crippen LogP contribution in [-0.2, 0) is 9.59 Å². The average molecular weight is 432 g/mol. The van der Waals surface area contributed by atoms with Crippen molar-refractivity contribution in [3.05, 3.63) is 78.6 Å². The van der Waals surface area contributed by atoms with Gasteiger partial charge in [-0.15, -0.1) is 0 Å². The number of amides is 1. The van der Waals surface area contributed by atoms with Crippen molar-refractivity contribution in [1.29, 1.82) is 0 Å². The van der Waals surface area contributed by atoms with Crippen LogP contribution in [0, 0.1) is 0 Å². The quantitative estimate of drug-likeness (QED) is 0.680. The highest BCUT2D eigenvalue weighted by molar-refractivity contribution is 6.54. The van der Waals surface area contributed by atoms with Gasteiger partial charge in [0.15, 0.2) is 5.71 Å². The van der Waals surface area contributed by atoms with Gasteiger partial charge in [0.05, 0.1) is 11.6 Å². The van der Waals surface area contributed by atoms with Crippen molar-refractivity contribution < 1.29 is 19.4 Å². The van der Waals surface area contributed by atoms with E-state index in [1.165, 1.54) is 6.08 Å². The van der Waals surface area contributed by atoms with Crippen molar-refractivity contribution in [2.45, 2.75) is 12.5 Å². The van der Waals surface area contributed by atoms with Gasteiger partial charge in [-0.25, -0.2) is 4.79 Å². The Kier molecular flexibility index (Phi) is 5.93. The first-order valence-electron chi connectivity index (χ1n) is 10.3. The smallest absolute Gasteiger partial charge is 0.354 e. The predicted octanol–water partition coefficient (Wildman–Crippen LogP) is 2.69. The normalized spacial score (nSPS) is 18.4. The molecule has 3 N–H and O–H groups in total. The van der Waals surface area contributed by atoms with E-state index in [1.54, 1.807) is 29.2 Å². The second-order valence-electron chi connectivity index (χ2n) is 7.55. The highest BCUT2D eigenvalue weighted by Gasteiger charge is 2.35. The van der Waals surface area contributed by atoms with Crippen LogP contribution in [0.15, 0.2) is 78.1 Å². The third kappa shape index (κ3) is 4.20. The van der Waals surface area contributed by atoms with Crippen LogP contribution in [0.3, 0.4) is 0 Å². The Morgan fingerprint density at radius 2 is 1.81 bits per heavy atom. The zero-order valence-electron chi connectivity index (χ0n) is 17.5. The topological polar surface area (TPSA) is 108 Å². The number of benzene rings is 2. The molecular weight excluding hydrogens is 408 g/mol. The van der Waals surface area contributed by atoms with E-state index in [0.717, 1.165) is 6.42 Å². The Labute approximate surface area is 185 Å². The zero-order chi connectivity index (χ0) is 22.7. The lowest BCUT2D eigenvalue weighted by molar-refractivity contribution is -0.129. The fraction of sp³-hybridized carbons (Fsp3) is 0.208. The van der Waals surface area contributed by atoms with E-state index >= 15 is 0 Å². The number of carboxylic acid groups (broad SMARTS) is 1. The Morgan fingerprint density at radius 3 is 2.47 bits per heavy atom. The number of carbonyl (C=O) groups is 2. The molecule has 0 radical (unpaired) electrons. The van der Waals surface area contributed by atoms with Gasteiger partial charge >= 0.3 is 5.97 Å². The van der Waals surface area contributed by atoms with Gasteiger partial charge < -0.3 is 25.4 Å². The summed E-state index contributed by atoms with van der Waals surface area (Å²) in [6.07, 6.45) is 2.01. The number of likely N-dealkylation sites (tertiary alicyclic amines) is 1. The molecule has 2 aromatic carbocycles. The summed E-state index contributed by atoms with van der Waals surface area (Å²) in [4.78, 5) is 31.7. The molecule has 1 saturated heterocycles. The lowest BCUT2D eigenvalue weighted by atomic mass is 9.98. The Morgan fingerprint density at radius 1 is 1.12 bits per heavy atom. The third-order valence-electron chi connectivity index (χ3n) is 5.60. The monoisotopic (exact) mass is 432 g/mol. The predicted molar refractivity (Wildman–Crippen MR) is 121 cm³/mol. The lowest BCUT2D eigenvalue weighted by Crippen LogP contribution is -2.44. The van der Waals surface area contributed by atoms with Crippen molar-refractivity contribution in [3.8, 4) is 11.5 Å². The van der Waals surface area contributed by atoms with E-state index < -0.39 is 5.97 Å². The van der Waals surface area contributed by atoms with Crippen LogP contribution < -0.4 is 10.5 Å². The highest BCUT2D eigenvalue weighted by Crippen LogP contribution is 2.30. The Bertz CT molecular complexity index is 1090. The number of ether oxygens (including phenoxy) is 1. The van der Waals surface area contributed by atoms with Crippen molar-refractivity contribution >= 4 is 23.2 Å². The summed E-state index contributed by atoms with van der Waals surface area (Å²) >= 11 is 0. The summed E-state index contributed by atoms with van der Waals surface area (Å²) in [7, 11) is 0. The summed E-state index contributed by atoms with van der Waals surface area (Å²) in [6, 6.07) is 16.4.